The lowest BCUT2D eigenvalue weighted by atomic mass is 10.1. The fraction of sp³-hybridized carbons (Fsp3) is 0.300. The van der Waals surface area contributed by atoms with E-state index in [1.165, 1.54) is 25.6 Å². The third-order valence-corrected chi connectivity index (χ3v) is 4.94. The largest absolute Gasteiger partial charge is 0.496 e. The van der Waals surface area contributed by atoms with Crippen molar-refractivity contribution in [3.63, 3.8) is 0 Å². The number of unbranched alkanes of at least 4 members (excludes halogenated alkanes) is 1. The van der Waals surface area contributed by atoms with Crippen LogP contribution in [0.25, 0.3) is 10.2 Å². The molecule has 1 amide bonds. The molecule has 7 heteroatoms. The molecule has 0 bridgehead atoms. The topological polar surface area (TPSA) is 69.7 Å². The lowest BCUT2D eigenvalue weighted by Gasteiger charge is -2.11. The standard InChI is InChI=1S/C20H22N2O4S/c1-4-5-11-26-13-9-10-14-17(12-13)27-20(21-14)22-19(23)18-15(24-2)7-6-8-16(18)25-3/h6-10,12H,4-5,11H2,1-3H3,(H,21,22,23). The average molecular weight is 386 g/mol. The fourth-order valence-electron chi connectivity index (χ4n) is 2.62. The van der Waals surface area contributed by atoms with Gasteiger partial charge in [0.05, 0.1) is 31.0 Å². The molecule has 3 rings (SSSR count). The highest BCUT2D eigenvalue weighted by Gasteiger charge is 2.19. The molecular weight excluding hydrogens is 364 g/mol. The van der Waals surface area contributed by atoms with Gasteiger partial charge in [-0.3, -0.25) is 10.1 Å². The van der Waals surface area contributed by atoms with Crippen molar-refractivity contribution < 1.29 is 19.0 Å². The van der Waals surface area contributed by atoms with Gasteiger partial charge < -0.3 is 14.2 Å². The molecule has 1 N–H and O–H groups in total. The van der Waals surface area contributed by atoms with Gasteiger partial charge in [0.15, 0.2) is 5.13 Å². The van der Waals surface area contributed by atoms with Crippen LogP contribution in [-0.4, -0.2) is 31.7 Å². The van der Waals surface area contributed by atoms with Gasteiger partial charge in [-0.1, -0.05) is 30.7 Å². The van der Waals surface area contributed by atoms with Crippen molar-refractivity contribution in [2.24, 2.45) is 0 Å². The van der Waals surface area contributed by atoms with Crippen LogP contribution in [0.2, 0.25) is 0 Å². The molecular formula is C20H22N2O4S. The van der Waals surface area contributed by atoms with Crippen LogP contribution in [0, 0.1) is 0 Å². The van der Waals surface area contributed by atoms with Crippen LogP contribution in [0.3, 0.4) is 0 Å². The van der Waals surface area contributed by atoms with Crippen LogP contribution in [0.4, 0.5) is 5.13 Å². The van der Waals surface area contributed by atoms with E-state index in [0.717, 1.165) is 28.8 Å². The molecule has 0 saturated carbocycles. The van der Waals surface area contributed by atoms with E-state index in [1.54, 1.807) is 18.2 Å². The zero-order chi connectivity index (χ0) is 19.2. The Morgan fingerprint density at radius 2 is 1.89 bits per heavy atom. The van der Waals surface area contributed by atoms with Gasteiger partial charge in [-0.15, -0.1) is 0 Å². The SMILES string of the molecule is CCCCOc1ccc2nc(NC(=O)c3c(OC)cccc3OC)sc2c1. The van der Waals surface area contributed by atoms with Crippen LogP contribution in [-0.2, 0) is 0 Å². The lowest BCUT2D eigenvalue weighted by molar-refractivity contribution is 0.102. The van der Waals surface area contributed by atoms with Crippen LogP contribution < -0.4 is 19.5 Å². The number of hydrogen-bond donors (Lipinski definition) is 1. The normalized spacial score (nSPS) is 10.6. The van der Waals surface area contributed by atoms with E-state index in [9.17, 15) is 4.79 Å². The molecule has 0 fully saturated rings. The number of nitrogens with zero attached hydrogens (tertiary/aromatic N) is 1. The molecule has 0 unspecified atom stereocenters. The molecule has 0 aliphatic rings. The maximum Gasteiger partial charge on any atom is 0.265 e. The number of rotatable bonds is 8. The Balaban J connectivity index is 1.81. The zero-order valence-corrected chi connectivity index (χ0v) is 16.4. The van der Waals surface area contributed by atoms with Crippen molar-refractivity contribution in [1.82, 2.24) is 4.98 Å². The quantitative estimate of drug-likeness (QED) is 0.566. The minimum Gasteiger partial charge on any atom is -0.496 e. The van der Waals surface area contributed by atoms with Gasteiger partial charge in [0.1, 0.15) is 22.8 Å². The first-order valence-corrected chi connectivity index (χ1v) is 9.53. The Labute approximate surface area is 162 Å². The van der Waals surface area contributed by atoms with Crippen molar-refractivity contribution in [1.29, 1.82) is 0 Å². The molecule has 1 aromatic heterocycles. The van der Waals surface area contributed by atoms with Crippen molar-refractivity contribution in [2.75, 3.05) is 26.1 Å². The highest BCUT2D eigenvalue weighted by molar-refractivity contribution is 7.22. The number of anilines is 1. The highest BCUT2D eigenvalue weighted by Crippen LogP contribution is 2.32. The van der Waals surface area contributed by atoms with Gasteiger partial charge in [0, 0.05) is 0 Å². The van der Waals surface area contributed by atoms with Gasteiger partial charge in [-0.25, -0.2) is 4.98 Å². The van der Waals surface area contributed by atoms with Crippen molar-refractivity contribution >= 4 is 32.6 Å². The number of benzene rings is 2. The molecule has 27 heavy (non-hydrogen) atoms. The first kappa shape index (κ1) is 19.0. The first-order chi connectivity index (χ1) is 13.2. The first-order valence-electron chi connectivity index (χ1n) is 8.72. The fourth-order valence-corrected chi connectivity index (χ4v) is 3.51. The molecule has 3 aromatic rings. The summed E-state index contributed by atoms with van der Waals surface area (Å²) in [5, 5.41) is 3.34. The molecule has 0 atom stereocenters. The molecule has 142 valence electrons. The van der Waals surface area contributed by atoms with Crippen molar-refractivity contribution in [3.05, 3.63) is 42.0 Å². The Morgan fingerprint density at radius 3 is 2.56 bits per heavy atom. The molecule has 0 radical (unpaired) electrons. The molecule has 1 heterocycles. The van der Waals surface area contributed by atoms with Gasteiger partial charge in [-0.05, 0) is 36.8 Å². The minimum atomic E-state index is -0.331. The maximum absolute atomic E-state index is 12.8. The third-order valence-electron chi connectivity index (χ3n) is 4.00. The van der Waals surface area contributed by atoms with E-state index in [4.69, 9.17) is 14.2 Å². The molecule has 0 aliphatic heterocycles. The predicted octanol–water partition coefficient (Wildman–Crippen LogP) is 4.74. The van der Waals surface area contributed by atoms with Gasteiger partial charge in [0.2, 0.25) is 0 Å². The Hall–Kier alpha value is -2.80. The van der Waals surface area contributed by atoms with Crippen LogP contribution >= 0.6 is 11.3 Å². The monoisotopic (exact) mass is 386 g/mol. The summed E-state index contributed by atoms with van der Waals surface area (Å²) in [6, 6.07) is 10.9. The second-order valence-electron chi connectivity index (χ2n) is 5.84. The summed E-state index contributed by atoms with van der Waals surface area (Å²) < 4.78 is 17.3. The number of hydrogen-bond acceptors (Lipinski definition) is 6. The number of nitrogens with one attached hydrogen (secondary N) is 1. The number of methoxy groups -OCH3 is 2. The summed E-state index contributed by atoms with van der Waals surface area (Å²) in [5.74, 6) is 1.37. The number of amides is 1. The third kappa shape index (κ3) is 4.31. The van der Waals surface area contributed by atoms with Crippen LogP contribution in [0.5, 0.6) is 17.2 Å². The number of carbonyl (C=O) groups is 1. The number of aromatic nitrogens is 1. The number of carbonyl (C=O) groups excluding carboxylic acids is 1. The number of fused-ring (bicyclic) bond motifs is 1. The van der Waals surface area contributed by atoms with Crippen molar-refractivity contribution in [2.45, 2.75) is 19.8 Å². The van der Waals surface area contributed by atoms with E-state index < -0.39 is 0 Å². The summed E-state index contributed by atoms with van der Waals surface area (Å²) in [5.41, 5.74) is 1.15. The summed E-state index contributed by atoms with van der Waals surface area (Å²) in [4.78, 5) is 17.2. The van der Waals surface area contributed by atoms with E-state index in [0.29, 0.717) is 28.8 Å². The number of thiazole rings is 1. The molecule has 0 aliphatic carbocycles. The summed E-state index contributed by atoms with van der Waals surface area (Å²) in [6.45, 7) is 2.82. The molecule has 6 nitrogen and oxygen atoms in total. The summed E-state index contributed by atoms with van der Waals surface area (Å²) in [6.07, 6.45) is 2.11. The number of ether oxygens (including phenoxy) is 3. The second-order valence-corrected chi connectivity index (χ2v) is 6.87. The summed E-state index contributed by atoms with van der Waals surface area (Å²) in [7, 11) is 3.03. The average Bonchev–Trinajstić information content (AvgIpc) is 3.08. The zero-order valence-electron chi connectivity index (χ0n) is 15.6. The van der Waals surface area contributed by atoms with Gasteiger partial charge >= 0.3 is 0 Å². The Bertz CT molecular complexity index is 917. The molecule has 0 spiro atoms. The van der Waals surface area contributed by atoms with Crippen LogP contribution in [0.15, 0.2) is 36.4 Å². The van der Waals surface area contributed by atoms with E-state index in [1.807, 2.05) is 18.2 Å². The lowest BCUT2D eigenvalue weighted by Crippen LogP contribution is -2.14. The summed E-state index contributed by atoms with van der Waals surface area (Å²) >= 11 is 1.40. The molecule has 0 saturated heterocycles. The maximum atomic E-state index is 12.8. The molecule has 2 aromatic carbocycles. The highest BCUT2D eigenvalue weighted by atomic mass is 32.1. The van der Waals surface area contributed by atoms with Crippen LogP contribution in [0.1, 0.15) is 30.1 Å². The Kier molecular flexibility index (Phi) is 6.13. The second kappa shape index (κ2) is 8.73. The Morgan fingerprint density at radius 1 is 1.15 bits per heavy atom. The minimum absolute atomic E-state index is 0.331. The van der Waals surface area contributed by atoms with E-state index in [-0.39, 0.29) is 5.91 Å². The van der Waals surface area contributed by atoms with Gasteiger partial charge in [0.25, 0.3) is 5.91 Å². The van der Waals surface area contributed by atoms with Gasteiger partial charge in [-0.2, -0.15) is 0 Å². The van der Waals surface area contributed by atoms with E-state index >= 15 is 0 Å². The van der Waals surface area contributed by atoms with Crippen molar-refractivity contribution in [3.8, 4) is 17.2 Å². The van der Waals surface area contributed by atoms with E-state index in [2.05, 4.69) is 17.2 Å². The smallest absolute Gasteiger partial charge is 0.265 e. The predicted molar refractivity (Wildman–Crippen MR) is 108 cm³/mol.